The summed E-state index contributed by atoms with van der Waals surface area (Å²) < 4.78 is 29.4. The number of likely N-dealkylation sites (N-methyl/N-ethyl adjacent to an activating group) is 1. The highest BCUT2D eigenvalue weighted by atomic mass is 35.5. The molecule has 2 saturated heterocycles. The Kier molecular flexibility index (Phi) is 17.5. The zero-order valence-electron chi connectivity index (χ0n) is 38.9. The molecule has 0 aromatic heterocycles. The van der Waals surface area contributed by atoms with Gasteiger partial charge in [0.15, 0.2) is 5.72 Å². The van der Waals surface area contributed by atoms with Crippen molar-refractivity contribution in [1.82, 2.24) is 20.4 Å². The quantitative estimate of drug-likeness (QED) is 0.0984. The second-order valence-electron chi connectivity index (χ2n) is 17.4. The van der Waals surface area contributed by atoms with Gasteiger partial charge in [-0.1, -0.05) is 48.7 Å². The third-order valence-corrected chi connectivity index (χ3v) is 13.7. The number of rotatable bonds is 15. The Hall–Kier alpha value is -4.95. The minimum Gasteiger partial charge on any atom is -0.495 e. The molecule has 4 bridgehead atoms. The van der Waals surface area contributed by atoms with Crippen molar-refractivity contribution in [3.05, 3.63) is 58.7 Å². The zero-order chi connectivity index (χ0) is 48.7. The summed E-state index contributed by atoms with van der Waals surface area (Å²) in [6.07, 6.45) is 6.21. The van der Waals surface area contributed by atoms with Gasteiger partial charge in [0.05, 0.1) is 25.3 Å². The van der Waals surface area contributed by atoms with E-state index in [1.165, 1.54) is 61.9 Å². The number of nitrogens with zero attached hydrogens (tertiary/aromatic N) is 3. The number of fused-ring (bicyclic) bond motifs is 5. The molecule has 0 saturated carbocycles. The van der Waals surface area contributed by atoms with Gasteiger partial charge in [0, 0.05) is 64.4 Å². The van der Waals surface area contributed by atoms with Crippen LogP contribution in [0.25, 0.3) is 0 Å². The number of unbranched alkanes of at least 4 members (excludes halogenated alkanes) is 2. The Balaban J connectivity index is 1.36. The molecule has 7 unspecified atom stereocenters. The monoisotopic (exact) mass is 959 g/mol. The van der Waals surface area contributed by atoms with Crippen molar-refractivity contribution in [2.24, 2.45) is 5.92 Å². The summed E-state index contributed by atoms with van der Waals surface area (Å²) in [6.45, 7) is 7.06. The fraction of sp³-hybridized carbons (Fsp3) is 0.587. The molecule has 66 heavy (non-hydrogen) atoms. The number of esters is 1. The van der Waals surface area contributed by atoms with Crippen molar-refractivity contribution < 1.29 is 62.4 Å². The van der Waals surface area contributed by atoms with Crippen LogP contribution in [0.3, 0.4) is 0 Å². The largest absolute Gasteiger partial charge is 0.495 e. The van der Waals surface area contributed by atoms with Crippen molar-refractivity contribution in [2.45, 2.75) is 120 Å². The lowest BCUT2D eigenvalue weighted by atomic mass is 9.83. The van der Waals surface area contributed by atoms with Crippen molar-refractivity contribution in [1.29, 1.82) is 0 Å². The second-order valence-corrected chi connectivity index (χ2v) is 18.7. The number of nitrogens with one attached hydrogen (secondary N) is 2. The first kappa shape index (κ1) is 52.0. The van der Waals surface area contributed by atoms with Crippen LogP contribution in [0.1, 0.15) is 71.8 Å². The summed E-state index contributed by atoms with van der Waals surface area (Å²) in [5, 5.41) is 17.3. The summed E-state index contributed by atoms with van der Waals surface area (Å²) in [7, 11) is 5.84. The molecule has 4 aliphatic rings. The van der Waals surface area contributed by atoms with Crippen molar-refractivity contribution >= 4 is 70.6 Å². The van der Waals surface area contributed by atoms with Gasteiger partial charge in [0.25, 0.3) is 11.8 Å². The number of anilines is 1. The lowest BCUT2D eigenvalue weighted by Crippen LogP contribution is -2.63. The fourth-order valence-electron chi connectivity index (χ4n) is 8.43. The molecule has 0 spiro atoms. The lowest BCUT2D eigenvalue weighted by molar-refractivity contribution is -0.162. The fourth-order valence-corrected chi connectivity index (χ4v) is 9.30. The van der Waals surface area contributed by atoms with E-state index in [1.807, 2.05) is 13.0 Å². The summed E-state index contributed by atoms with van der Waals surface area (Å²) in [4.78, 5) is 95.7. The van der Waals surface area contributed by atoms with Crippen molar-refractivity contribution in [3.63, 3.8) is 0 Å². The molecule has 362 valence electrons. The minimum absolute atomic E-state index is 0.0980. The summed E-state index contributed by atoms with van der Waals surface area (Å²) >= 11 is 8.14. The van der Waals surface area contributed by atoms with E-state index >= 15 is 0 Å². The van der Waals surface area contributed by atoms with Gasteiger partial charge >= 0.3 is 12.1 Å². The number of allylic oxidation sites excluding steroid dienone is 3. The molecule has 1 aromatic carbocycles. The molecule has 4 aliphatic heterocycles. The van der Waals surface area contributed by atoms with Gasteiger partial charge in [-0.3, -0.25) is 34.2 Å². The maximum absolute atomic E-state index is 14.4. The normalized spacial score (nSPS) is 28.8. The van der Waals surface area contributed by atoms with Gasteiger partial charge in [-0.15, -0.1) is 0 Å². The number of aliphatic hydroxyl groups is 1. The number of ether oxygens (including phenoxy) is 5. The number of carbonyl (C=O) groups excluding carboxylic acids is 7. The summed E-state index contributed by atoms with van der Waals surface area (Å²) in [6, 6.07) is 1.35. The molecule has 4 heterocycles. The number of imide groups is 1. The third kappa shape index (κ3) is 12.1. The van der Waals surface area contributed by atoms with E-state index < -0.39 is 84.0 Å². The van der Waals surface area contributed by atoms with E-state index in [0.717, 1.165) is 16.0 Å². The zero-order valence-corrected chi connectivity index (χ0v) is 40.5. The predicted octanol–water partition coefficient (Wildman–Crippen LogP) is 3.85. The number of methoxy groups -OCH3 is 2. The minimum atomic E-state index is -1.88. The molecule has 1 aromatic rings. The molecule has 9 atom stereocenters. The number of hydrogen-bond acceptors (Lipinski definition) is 14. The third-order valence-electron chi connectivity index (χ3n) is 12.6. The number of thioether (sulfide) groups is 1. The number of epoxide rings is 1. The first-order valence-electron chi connectivity index (χ1n) is 21.9. The average molecular weight is 961 g/mol. The predicted molar refractivity (Wildman–Crippen MR) is 246 cm³/mol. The molecular weight excluding hydrogens is 898 g/mol. The van der Waals surface area contributed by atoms with Gasteiger partial charge in [-0.2, -0.15) is 11.8 Å². The van der Waals surface area contributed by atoms with E-state index in [-0.39, 0.29) is 47.9 Å². The smallest absolute Gasteiger partial charge is 0.409 e. The maximum atomic E-state index is 14.4. The van der Waals surface area contributed by atoms with Crippen LogP contribution in [0.4, 0.5) is 10.5 Å². The van der Waals surface area contributed by atoms with Gasteiger partial charge in [-0.25, -0.2) is 9.59 Å². The van der Waals surface area contributed by atoms with Gasteiger partial charge in [0.1, 0.15) is 46.8 Å². The van der Waals surface area contributed by atoms with Crippen LogP contribution in [0.2, 0.25) is 5.02 Å². The molecule has 6 amide bonds. The Morgan fingerprint density at radius 1 is 1.12 bits per heavy atom. The second kappa shape index (κ2) is 22.2. The van der Waals surface area contributed by atoms with Crippen molar-refractivity contribution in [2.75, 3.05) is 51.8 Å². The molecule has 20 heteroatoms. The van der Waals surface area contributed by atoms with E-state index in [2.05, 4.69) is 10.6 Å². The number of benzene rings is 1. The number of hydrogen-bond donors (Lipinski definition) is 3. The van der Waals surface area contributed by atoms with Gasteiger partial charge in [0.2, 0.25) is 17.7 Å². The standard InChI is InChI=1S/C46H62ClN5O13S/c1-26-14-13-15-34(62-8)46(60)24-33(63-44(59)49-46)27(2)41-45(4,65-41)35(23-39(56)51(6)31-21-29(20-26)22-32(61-7)40(31)47)64-43(58)28(3)50(5)42(57)30(25-66-9)48-36(53)16-11-10-12-19-52-37(54)17-18-38(52)55/h13-15,17-18,21-22,27-28,30,33-35,41,60H,10-12,16,19-20,23-25H2,1-9H3,(H,48,53)(H,49,59)/b15-13+,26-14+/t27?,28-,30-,33?,34?,35?,41?,45?,46?/m0/s1. The summed E-state index contributed by atoms with van der Waals surface area (Å²) in [5.41, 5.74) is -1.19. The van der Waals surface area contributed by atoms with Crippen LogP contribution in [0, 0.1) is 5.92 Å². The van der Waals surface area contributed by atoms with E-state index in [1.54, 1.807) is 51.4 Å². The Bertz CT molecular complexity index is 2120. The molecular formula is C46H62ClN5O13S. The maximum Gasteiger partial charge on any atom is 0.409 e. The van der Waals surface area contributed by atoms with Crippen LogP contribution in [0.15, 0.2) is 48.1 Å². The number of carbonyl (C=O) groups is 7. The van der Waals surface area contributed by atoms with Gasteiger partial charge < -0.3 is 43.9 Å². The van der Waals surface area contributed by atoms with Crippen LogP contribution >= 0.6 is 23.4 Å². The lowest BCUT2D eigenvalue weighted by Gasteiger charge is -2.42. The number of alkyl carbamates (subject to hydrolysis) is 1. The highest BCUT2D eigenvalue weighted by Crippen LogP contribution is 2.49. The van der Waals surface area contributed by atoms with Crippen LogP contribution < -0.4 is 20.3 Å². The van der Waals surface area contributed by atoms with E-state index in [4.69, 9.17) is 35.3 Å². The Morgan fingerprint density at radius 3 is 2.47 bits per heavy atom. The highest BCUT2D eigenvalue weighted by Gasteiger charge is 2.64. The van der Waals surface area contributed by atoms with E-state index in [9.17, 15) is 38.7 Å². The molecule has 3 N–H and O–H groups in total. The highest BCUT2D eigenvalue weighted by molar-refractivity contribution is 7.98. The van der Waals surface area contributed by atoms with Crippen LogP contribution in [0.5, 0.6) is 5.75 Å². The molecule has 5 rings (SSSR count). The number of halogens is 1. The first-order chi connectivity index (χ1) is 31.2. The molecule has 2 fully saturated rings. The summed E-state index contributed by atoms with van der Waals surface area (Å²) in [5.74, 6) is -3.06. The first-order valence-corrected chi connectivity index (χ1v) is 23.6. The Morgan fingerprint density at radius 2 is 1.82 bits per heavy atom. The van der Waals surface area contributed by atoms with Crippen LogP contribution in [-0.2, 0) is 54.1 Å². The van der Waals surface area contributed by atoms with Gasteiger partial charge in [-0.05, 0) is 64.0 Å². The van der Waals surface area contributed by atoms with E-state index in [0.29, 0.717) is 37.1 Å². The topological polar surface area (TPSA) is 223 Å². The molecule has 0 radical (unpaired) electrons. The molecule has 18 nitrogen and oxygen atoms in total. The van der Waals surface area contributed by atoms with Crippen molar-refractivity contribution in [3.8, 4) is 5.75 Å². The Labute approximate surface area is 394 Å². The number of amides is 6. The van der Waals surface area contributed by atoms with Crippen LogP contribution in [-0.4, -0.2) is 151 Å². The SMILES string of the molecule is COc1cc2cc(c1Cl)N(C)C(=O)CC(OC(=O)[C@H](C)N(C)C(=O)[C@H](CSC)NC(=O)CCCCCN1C(=O)C=CC1=O)C1(C)OC1C(C)C1CC(O)(NC(=O)O1)C(OC)/C=C/C=C(\C)C2. The average Bonchev–Trinajstić information content (AvgIpc) is 3.87. The molecule has 0 aliphatic carbocycles.